The summed E-state index contributed by atoms with van der Waals surface area (Å²) in [4.78, 5) is 16.4. The lowest BCUT2D eigenvalue weighted by Crippen LogP contribution is -2.41. The van der Waals surface area contributed by atoms with Gasteiger partial charge < -0.3 is 10.0 Å². The molecule has 1 aliphatic carbocycles. The number of nitrogens with zero attached hydrogens (tertiary/aromatic N) is 4. The number of carbonyl (C=O) groups is 1. The Balaban J connectivity index is 0.000000344. The molecular weight excluding hydrogens is 492 g/mol. The summed E-state index contributed by atoms with van der Waals surface area (Å²) in [6.07, 6.45) is 1.52. The van der Waals surface area contributed by atoms with Crippen LogP contribution in [0.5, 0.6) is 0 Å². The van der Waals surface area contributed by atoms with Gasteiger partial charge in [-0.05, 0) is 44.0 Å². The maximum Gasteiger partial charge on any atom is 0.490 e. The van der Waals surface area contributed by atoms with Gasteiger partial charge in [0.15, 0.2) is 0 Å². The van der Waals surface area contributed by atoms with Gasteiger partial charge in [-0.15, -0.1) is 0 Å². The van der Waals surface area contributed by atoms with Crippen LogP contribution in [0.15, 0.2) is 24.3 Å². The molecule has 2 aliphatic rings. The molecule has 3 aromatic rings. The van der Waals surface area contributed by atoms with Crippen LogP contribution in [0.1, 0.15) is 37.8 Å². The van der Waals surface area contributed by atoms with Gasteiger partial charge in [0.25, 0.3) is 0 Å². The van der Waals surface area contributed by atoms with E-state index in [-0.39, 0.29) is 0 Å². The van der Waals surface area contributed by atoms with Crippen molar-refractivity contribution in [1.82, 2.24) is 14.8 Å². The SMILES string of the molecule is Cc1cc2c3c(n1)c(-c1ccc(Cl)cc1Cl)nn3CCN2C1CCCCC1.O=C(O)C(F)(F)F. The van der Waals surface area contributed by atoms with E-state index >= 15 is 0 Å². The van der Waals surface area contributed by atoms with Gasteiger partial charge in [-0.3, -0.25) is 4.68 Å². The number of rotatable bonds is 2. The predicted octanol–water partition coefficient (Wildman–Crippen LogP) is 6.50. The van der Waals surface area contributed by atoms with Crippen LogP contribution in [0.25, 0.3) is 22.3 Å². The number of carboxylic acid groups (broad SMARTS) is 1. The van der Waals surface area contributed by atoms with Crippen molar-refractivity contribution >= 4 is 45.9 Å². The van der Waals surface area contributed by atoms with Crippen LogP contribution in [0, 0.1) is 6.92 Å². The van der Waals surface area contributed by atoms with Crippen LogP contribution in [0.4, 0.5) is 18.9 Å². The molecular formula is C23H23Cl2F3N4O2. The van der Waals surface area contributed by atoms with E-state index < -0.39 is 12.1 Å². The average Bonchev–Trinajstić information content (AvgIpc) is 3.13. The number of aliphatic carboxylic acids is 1. The summed E-state index contributed by atoms with van der Waals surface area (Å²) in [6, 6.07) is 8.43. The number of aromatic nitrogens is 3. The summed E-state index contributed by atoms with van der Waals surface area (Å²) >= 11 is 12.6. The number of hydrogen-bond acceptors (Lipinski definition) is 4. The third-order valence-electron chi connectivity index (χ3n) is 6.11. The van der Waals surface area contributed by atoms with Gasteiger partial charge in [-0.1, -0.05) is 42.5 Å². The summed E-state index contributed by atoms with van der Waals surface area (Å²) in [5.41, 5.74) is 6.11. The first-order chi connectivity index (χ1) is 16.1. The third-order valence-corrected chi connectivity index (χ3v) is 6.66. The zero-order valence-electron chi connectivity index (χ0n) is 18.4. The van der Waals surface area contributed by atoms with Crippen LogP contribution >= 0.6 is 23.2 Å². The highest BCUT2D eigenvalue weighted by molar-refractivity contribution is 6.36. The second kappa shape index (κ2) is 9.62. The number of hydrogen-bond donors (Lipinski definition) is 1. The van der Waals surface area contributed by atoms with Crippen LogP contribution in [0.3, 0.4) is 0 Å². The summed E-state index contributed by atoms with van der Waals surface area (Å²) in [5.74, 6) is -2.76. The number of benzene rings is 1. The van der Waals surface area contributed by atoms with Crippen molar-refractivity contribution in [1.29, 1.82) is 0 Å². The van der Waals surface area contributed by atoms with Crippen molar-refractivity contribution in [3.05, 3.63) is 40.0 Å². The molecule has 0 spiro atoms. The average molecular weight is 515 g/mol. The molecule has 5 rings (SSSR count). The Bertz CT molecular complexity index is 1220. The third kappa shape index (κ3) is 4.95. The summed E-state index contributed by atoms with van der Waals surface area (Å²) < 4.78 is 33.8. The molecule has 1 aromatic carbocycles. The van der Waals surface area contributed by atoms with Crippen molar-refractivity contribution in [2.24, 2.45) is 0 Å². The molecule has 34 heavy (non-hydrogen) atoms. The van der Waals surface area contributed by atoms with E-state index in [0.29, 0.717) is 16.1 Å². The van der Waals surface area contributed by atoms with E-state index in [0.717, 1.165) is 41.1 Å². The molecule has 1 saturated carbocycles. The first-order valence-corrected chi connectivity index (χ1v) is 11.7. The Labute approximate surface area is 204 Å². The van der Waals surface area contributed by atoms with Crippen molar-refractivity contribution in [2.75, 3.05) is 11.4 Å². The highest BCUT2D eigenvalue weighted by Gasteiger charge is 2.38. The van der Waals surface area contributed by atoms with E-state index in [1.165, 1.54) is 37.8 Å². The highest BCUT2D eigenvalue weighted by atomic mass is 35.5. The quantitative estimate of drug-likeness (QED) is 0.422. The Hall–Kier alpha value is -2.52. The number of aryl methyl sites for hydroxylation is 1. The number of halogens is 5. The van der Waals surface area contributed by atoms with Gasteiger partial charge in [-0.25, -0.2) is 9.78 Å². The smallest absolute Gasteiger partial charge is 0.475 e. The van der Waals surface area contributed by atoms with Gasteiger partial charge in [0.05, 0.1) is 17.3 Å². The minimum atomic E-state index is -5.08. The van der Waals surface area contributed by atoms with Crippen LogP contribution in [-0.2, 0) is 11.3 Å². The first kappa shape index (κ1) is 24.6. The van der Waals surface area contributed by atoms with Crippen molar-refractivity contribution < 1.29 is 23.1 Å². The first-order valence-electron chi connectivity index (χ1n) is 11.0. The minimum absolute atomic E-state index is 0.613. The van der Waals surface area contributed by atoms with Gasteiger partial charge >= 0.3 is 12.1 Å². The van der Waals surface area contributed by atoms with Gasteiger partial charge in [0, 0.05) is 28.9 Å². The van der Waals surface area contributed by atoms with E-state index in [1.54, 1.807) is 6.07 Å². The fraction of sp³-hybridized carbons (Fsp3) is 0.435. The maximum atomic E-state index is 10.6. The number of anilines is 1. The van der Waals surface area contributed by atoms with E-state index in [1.807, 2.05) is 12.1 Å². The summed E-state index contributed by atoms with van der Waals surface area (Å²) in [7, 11) is 0. The molecule has 2 aromatic heterocycles. The molecule has 0 saturated heterocycles. The van der Waals surface area contributed by atoms with Crippen LogP contribution in [0.2, 0.25) is 10.0 Å². The highest BCUT2D eigenvalue weighted by Crippen LogP contribution is 2.40. The number of alkyl halides is 3. The van der Waals surface area contributed by atoms with Crippen LogP contribution in [-0.4, -0.2) is 44.6 Å². The predicted molar refractivity (Wildman–Crippen MR) is 126 cm³/mol. The van der Waals surface area contributed by atoms with Crippen molar-refractivity contribution in [2.45, 2.75) is 57.8 Å². The zero-order chi connectivity index (χ0) is 24.6. The molecule has 11 heteroatoms. The fourth-order valence-corrected chi connectivity index (χ4v) is 5.12. The second-order valence-electron chi connectivity index (χ2n) is 8.46. The zero-order valence-corrected chi connectivity index (χ0v) is 19.9. The molecule has 182 valence electrons. The molecule has 0 radical (unpaired) electrons. The Morgan fingerprint density at radius 1 is 1.12 bits per heavy atom. The Kier molecular flexibility index (Phi) is 6.96. The molecule has 0 atom stereocenters. The molecule has 6 nitrogen and oxygen atoms in total. The topological polar surface area (TPSA) is 71.2 Å². The lowest BCUT2D eigenvalue weighted by molar-refractivity contribution is -0.192. The van der Waals surface area contributed by atoms with Crippen molar-refractivity contribution in [3.8, 4) is 11.3 Å². The summed E-state index contributed by atoms with van der Waals surface area (Å²) in [6.45, 7) is 3.95. The maximum absolute atomic E-state index is 10.6. The monoisotopic (exact) mass is 514 g/mol. The lowest BCUT2D eigenvalue weighted by Gasteiger charge is -2.38. The Morgan fingerprint density at radius 3 is 2.41 bits per heavy atom. The minimum Gasteiger partial charge on any atom is -0.475 e. The molecule has 1 N–H and O–H groups in total. The van der Waals surface area contributed by atoms with E-state index in [9.17, 15) is 13.2 Å². The molecule has 3 heterocycles. The number of pyridine rings is 1. The van der Waals surface area contributed by atoms with Gasteiger partial charge in [-0.2, -0.15) is 18.3 Å². The second-order valence-corrected chi connectivity index (χ2v) is 9.31. The van der Waals surface area contributed by atoms with Gasteiger partial charge in [0.1, 0.15) is 16.7 Å². The normalized spacial score (nSPS) is 16.4. The van der Waals surface area contributed by atoms with Crippen LogP contribution < -0.4 is 4.90 Å². The largest absolute Gasteiger partial charge is 0.490 e. The standard InChI is InChI=1S/C21H22Cl2N4.C2HF3O2/c1-13-11-18-21-20(24-13)19(16-8-7-14(22)12-17(16)23)25-27(21)10-9-26(18)15-5-3-2-4-6-15;3-2(4,5)1(6)7/h7-8,11-12,15H,2-6,9-10H2,1H3;(H,6,7). The summed E-state index contributed by atoms with van der Waals surface area (Å²) in [5, 5.41) is 13.3. The molecule has 1 fully saturated rings. The van der Waals surface area contributed by atoms with Crippen molar-refractivity contribution in [3.63, 3.8) is 0 Å². The number of carboxylic acids is 1. The fourth-order valence-electron chi connectivity index (χ4n) is 4.63. The molecule has 0 unspecified atom stereocenters. The van der Waals surface area contributed by atoms with E-state index in [2.05, 4.69) is 22.6 Å². The lowest BCUT2D eigenvalue weighted by atomic mass is 9.93. The Morgan fingerprint density at radius 2 is 1.79 bits per heavy atom. The molecule has 0 bridgehead atoms. The van der Waals surface area contributed by atoms with Gasteiger partial charge in [0.2, 0.25) is 0 Å². The molecule has 0 amide bonds. The molecule has 1 aliphatic heterocycles. The van der Waals surface area contributed by atoms with E-state index in [4.69, 9.17) is 43.2 Å².